The van der Waals surface area contributed by atoms with Gasteiger partial charge in [0.25, 0.3) is 0 Å². The quantitative estimate of drug-likeness (QED) is 0.875. The summed E-state index contributed by atoms with van der Waals surface area (Å²) in [5.41, 5.74) is 0.311. The minimum Gasteiger partial charge on any atom is -0.508 e. The average Bonchev–Trinajstić information content (AvgIpc) is 2.10. The largest absolute Gasteiger partial charge is 0.508 e. The van der Waals surface area contributed by atoms with Crippen LogP contribution in [0.3, 0.4) is 0 Å². The first-order valence-electron chi connectivity index (χ1n) is 3.84. The average molecular weight is 280 g/mol. The number of halogens is 2. The lowest BCUT2D eigenvalue weighted by atomic mass is 10.0. The molecule has 1 aromatic carbocycles. The molecule has 0 bridgehead atoms. The lowest BCUT2D eigenvalue weighted by Crippen LogP contribution is -2.07. The predicted octanol–water partition coefficient (Wildman–Crippen LogP) is 3.00. The first-order valence-corrected chi connectivity index (χ1v) is 5.01. The normalized spacial score (nSPS) is 12.5. The zero-order valence-electron chi connectivity index (χ0n) is 7.29. The summed E-state index contributed by atoms with van der Waals surface area (Å²) in [6, 6.07) is 2.83. The number of phenolic OH excluding ortho intramolecular Hbond substituents is 1. The number of hydrogen-bond acceptors (Lipinski definition) is 2. The van der Waals surface area contributed by atoms with Gasteiger partial charge >= 0.3 is 5.97 Å². The first-order chi connectivity index (χ1) is 6.43. The lowest BCUT2D eigenvalue weighted by Gasteiger charge is -2.10. The van der Waals surface area contributed by atoms with Gasteiger partial charge in [-0.2, -0.15) is 0 Å². The molecule has 0 aliphatic heterocycles. The molecule has 0 fully saturated rings. The van der Waals surface area contributed by atoms with E-state index in [0.29, 0.717) is 15.1 Å². The molecule has 2 N–H and O–H groups in total. The first kappa shape index (κ1) is 11.3. The van der Waals surface area contributed by atoms with Crippen LogP contribution in [0.5, 0.6) is 5.75 Å². The Morgan fingerprint density at radius 3 is 2.64 bits per heavy atom. The molecule has 1 atom stereocenters. The zero-order chi connectivity index (χ0) is 10.9. The fourth-order valence-corrected chi connectivity index (χ4v) is 1.53. The van der Waals surface area contributed by atoms with E-state index in [2.05, 4.69) is 15.9 Å². The molecule has 1 unspecified atom stereocenters. The monoisotopic (exact) mass is 278 g/mol. The third-order valence-corrected chi connectivity index (χ3v) is 3.10. The molecule has 0 aliphatic rings. The van der Waals surface area contributed by atoms with Crippen molar-refractivity contribution in [1.29, 1.82) is 0 Å². The molecule has 14 heavy (non-hydrogen) atoms. The van der Waals surface area contributed by atoms with Crippen LogP contribution in [0.1, 0.15) is 18.4 Å². The van der Waals surface area contributed by atoms with Gasteiger partial charge in [-0.05, 0) is 35.0 Å². The van der Waals surface area contributed by atoms with Gasteiger partial charge in [0.05, 0.1) is 10.9 Å². The number of carboxylic acids is 1. The Bertz CT molecular complexity index is 379. The maximum atomic E-state index is 10.7. The van der Waals surface area contributed by atoms with E-state index >= 15 is 0 Å². The molecule has 1 aromatic rings. The maximum absolute atomic E-state index is 10.7. The van der Waals surface area contributed by atoms with Crippen LogP contribution in [-0.4, -0.2) is 16.2 Å². The van der Waals surface area contributed by atoms with Gasteiger partial charge in [0.15, 0.2) is 0 Å². The predicted molar refractivity (Wildman–Crippen MR) is 56.9 cm³/mol. The summed E-state index contributed by atoms with van der Waals surface area (Å²) in [6.07, 6.45) is 0. The summed E-state index contributed by atoms with van der Waals surface area (Å²) < 4.78 is 0.540. The van der Waals surface area contributed by atoms with Gasteiger partial charge in [-0.25, -0.2) is 0 Å². The molecule has 3 nitrogen and oxygen atoms in total. The Kier molecular flexibility index (Phi) is 3.39. The smallest absolute Gasteiger partial charge is 0.310 e. The highest BCUT2D eigenvalue weighted by atomic mass is 79.9. The van der Waals surface area contributed by atoms with Crippen molar-refractivity contribution in [3.8, 4) is 5.75 Å². The third-order valence-electron chi connectivity index (χ3n) is 1.91. The maximum Gasteiger partial charge on any atom is 0.310 e. The van der Waals surface area contributed by atoms with Crippen LogP contribution in [-0.2, 0) is 4.79 Å². The molecule has 0 aliphatic carbocycles. The van der Waals surface area contributed by atoms with Crippen LogP contribution in [0.4, 0.5) is 0 Å². The summed E-state index contributed by atoms with van der Waals surface area (Å²) in [5, 5.41) is 18.6. The molecular weight excluding hydrogens is 271 g/mol. The standard InChI is InChI=1S/C9H8BrClO3/c1-4(9(13)14)5-2-7(11)6(10)3-8(5)12/h2-4,12H,1H3,(H,13,14). The van der Waals surface area contributed by atoms with E-state index in [4.69, 9.17) is 16.7 Å². The second kappa shape index (κ2) is 4.19. The van der Waals surface area contributed by atoms with E-state index in [1.54, 1.807) is 0 Å². The van der Waals surface area contributed by atoms with Crippen LogP contribution in [0.2, 0.25) is 5.02 Å². The Labute approximate surface area is 94.4 Å². The van der Waals surface area contributed by atoms with Gasteiger partial charge in [0.1, 0.15) is 5.75 Å². The fraction of sp³-hybridized carbons (Fsp3) is 0.222. The van der Waals surface area contributed by atoms with Crippen molar-refractivity contribution in [2.24, 2.45) is 0 Å². The molecule has 0 spiro atoms. The Morgan fingerprint density at radius 1 is 1.57 bits per heavy atom. The molecule has 76 valence electrons. The third kappa shape index (κ3) is 2.19. The summed E-state index contributed by atoms with van der Waals surface area (Å²) in [7, 11) is 0. The van der Waals surface area contributed by atoms with E-state index in [-0.39, 0.29) is 5.75 Å². The number of carboxylic acid groups (broad SMARTS) is 1. The number of phenols is 1. The van der Waals surface area contributed by atoms with Crippen molar-refractivity contribution in [2.75, 3.05) is 0 Å². The SMILES string of the molecule is CC(C(=O)O)c1cc(Cl)c(Br)cc1O. The number of rotatable bonds is 2. The fourth-order valence-electron chi connectivity index (χ4n) is 1.03. The Hall–Kier alpha value is -0.740. The topological polar surface area (TPSA) is 57.5 Å². The number of hydrogen-bond donors (Lipinski definition) is 2. The molecule has 0 heterocycles. The van der Waals surface area contributed by atoms with Crippen molar-refractivity contribution < 1.29 is 15.0 Å². The van der Waals surface area contributed by atoms with Gasteiger partial charge in [-0.3, -0.25) is 4.79 Å². The molecule has 0 saturated heterocycles. The van der Waals surface area contributed by atoms with Crippen molar-refractivity contribution >= 4 is 33.5 Å². The highest BCUT2D eigenvalue weighted by Gasteiger charge is 2.18. The number of aliphatic carboxylic acids is 1. The van der Waals surface area contributed by atoms with Gasteiger partial charge in [-0.1, -0.05) is 11.6 Å². The highest BCUT2D eigenvalue weighted by molar-refractivity contribution is 9.10. The zero-order valence-corrected chi connectivity index (χ0v) is 9.63. The van der Waals surface area contributed by atoms with Crippen molar-refractivity contribution in [3.63, 3.8) is 0 Å². The number of carbonyl (C=O) groups is 1. The van der Waals surface area contributed by atoms with Gasteiger partial charge in [0, 0.05) is 10.0 Å². The van der Waals surface area contributed by atoms with Gasteiger partial charge < -0.3 is 10.2 Å². The van der Waals surface area contributed by atoms with Crippen LogP contribution in [0, 0.1) is 0 Å². The summed E-state index contributed by atoms with van der Waals surface area (Å²) in [4.78, 5) is 10.7. The molecule has 0 amide bonds. The molecule has 0 aromatic heterocycles. The number of aromatic hydroxyl groups is 1. The van der Waals surface area contributed by atoms with Crippen molar-refractivity contribution in [2.45, 2.75) is 12.8 Å². The van der Waals surface area contributed by atoms with Crippen molar-refractivity contribution in [3.05, 3.63) is 27.2 Å². The summed E-state index contributed by atoms with van der Waals surface area (Å²) >= 11 is 8.91. The van der Waals surface area contributed by atoms with E-state index in [1.807, 2.05) is 0 Å². The molecule has 1 rings (SSSR count). The second-order valence-electron chi connectivity index (χ2n) is 2.89. The lowest BCUT2D eigenvalue weighted by molar-refractivity contribution is -0.138. The van der Waals surface area contributed by atoms with Crippen LogP contribution in [0.25, 0.3) is 0 Å². The molecule has 0 radical (unpaired) electrons. The van der Waals surface area contributed by atoms with Crippen LogP contribution < -0.4 is 0 Å². The van der Waals surface area contributed by atoms with Gasteiger partial charge in [0.2, 0.25) is 0 Å². The van der Waals surface area contributed by atoms with Gasteiger partial charge in [-0.15, -0.1) is 0 Å². The molecular formula is C9H8BrClO3. The Morgan fingerprint density at radius 2 is 2.14 bits per heavy atom. The Balaban J connectivity index is 3.22. The van der Waals surface area contributed by atoms with E-state index < -0.39 is 11.9 Å². The minimum atomic E-state index is -1.00. The summed E-state index contributed by atoms with van der Waals surface area (Å²) in [6.45, 7) is 1.49. The molecule has 5 heteroatoms. The van der Waals surface area contributed by atoms with Crippen LogP contribution >= 0.6 is 27.5 Å². The second-order valence-corrected chi connectivity index (χ2v) is 4.15. The number of benzene rings is 1. The van der Waals surface area contributed by atoms with E-state index in [9.17, 15) is 9.90 Å². The molecule has 0 saturated carbocycles. The minimum absolute atomic E-state index is 0.0730. The van der Waals surface area contributed by atoms with Crippen molar-refractivity contribution in [1.82, 2.24) is 0 Å². The van der Waals surface area contributed by atoms with Crippen LogP contribution in [0.15, 0.2) is 16.6 Å². The summed E-state index contributed by atoms with van der Waals surface area (Å²) in [5.74, 6) is -1.85. The van der Waals surface area contributed by atoms with E-state index in [1.165, 1.54) is 19.1 Å². The van der Waals surface area contributed by atoms with E-state index in [0.717, 1.165) is 0 Å². The highest BCUT2D eigenvalue weighted by Crippen LogP contribution is 2.34.